The lowest BCUT2D eigenvalue weighted by atomic mass is 10.0. The van der Waals surface area contributed by atoms with Gasteiger partial charge in [-0.2, -0.15) is 0 Å². The molecule has 2 atom stereocenters. The number of imide groups is 1. The highest BCUT2D eigenvalue weighted by Gasteiger charge is 2.47. The summed E-state index contributed by atoms with van der Waals surface area (Å²) in [5.41, 5.74) is 5.81. The zero-order valence-corrected chi connectivity index (χ0v) is 7.83. The number of aliphatic hydroxyl groups is 1. The molecule has 0 spiro atoms. The highest BCUT2D eigenvalue weighted by atomic mass is 16.3. The van der Waals surface area contributed by atoms with Crippen LogP contribution in [0.4, 0.5) is 0 Å². The van der Waals surface area contributed by atoms with Crippen LogP contribution in [-0.2, 0) is 4.79 Å². The molecule has 1 aromatic carbocycles. The molecule has 2 amide bonds. The number of amides is 2. The van der Waals surface area contributed by atoms with Crippen molar-refractivity contribution in [2.45, 2.75) is 12.3 Å². The van der Waals surface area contributed by atoms with Crippen molar-refractivity contribution >= 4 is 11.8 Å². The second-order valence-corrected chi connectivity index (χ2v) is 3.31. The van der Waals surface area contributed by atoms with Gasteiger partial charge in [0.25, 0.3) is 11.8 Å². The first-order chi connectivity index (χ1) is 7.13. The number of rotatable bonds is 1. The maximum absolute atomic E-state index is 11.7. The van der Waals surface area contributed by atoms with E-state index >= 15 is 0 Å². The molecule has 0 bridgehead atoms. The molecule has 2 rings (SSSR count). The van der Waals surface area contributed by atoms with Crippen LogP contribution in [0.3, 0.4) is 0 Å². The third-order valence-corrected chi connectivity index (χ3v) is 2.35. The van der Waals surface area contributed by atoms with Crippen LogP contribution in [-0.4, -0.2) is 34.1 Å². The van der Waals surface area contributed by atoms with Crippen LogP contribution in [0.1, 0.15) is 10.4 Å². The minimum atomic E-state index is -1.25. The van der Waals surface area contributed by atoms with E-state index in [1.807, 2.05) is 0 Å². The maximum Gasteiger partial charge on any atom is 0.263 e. The SMILES string of the molecule is NC1[C@H](O)C(=O)N1C(=O)c1ccccc1. The molecule has 1 heterocycles. The van der Waals surface area contributed by atoms with Crippen molar-refractivity contribution in [3.63, 3.8) is 0 Å². The fourth-order valence-corrected chi connectivity index (χ4v) is 1.45. The van der Waals surface area contributed by atoms with Crippen molar-refractivity contribution in [2.24, 2.45) is 5.73 Å². The monoisotopic (exact) mass is 206 g/mol. The Morgan fingerprint density at radius 1 is 1.33 bits per heavy atom. The Labute approximate surface area is 86.1 Å². The van der Waals surface area contributed by atoms with Crippen molar-refractivity contribution in [3.8, 4) is 0 Å². The predicted molar refractivity (Wildman–Crippen MR) is 51.6 cm³/mol. The van der Waals surface area contributed by atoms with Gasteiger partial charge in [0.15, 0.2) is 6.10 Å². The molecule has 1 aliphatic rings. The molecular weight excluding hydrogens is 196 g/mol. The average Bonchev–Trinajstić information content (AvgIpc) is 2.30. The van der Waals surface area contributed by atoms with Crippen LogP contribution in [0.5, 0.6) is 0 Å². The molecule has 0 saturated carbocycles. The lowest BCUT2D eigenvalue weighted by molar-refractivity contribution is -0.159. The van der Waals surface area contributed by atoms with Gasteiger partial charge < -0.3 is 10.8 Å². The molecule has 0 aromatic heterocycles. The largest absolute Gasteiger partial charge is 0.380 e. The third kappa shape index (κ3) is 1.42. The fraction of sp³-hybridized carbons (Fsp3) is 0.200. The number of aliphatic hydroxyl groups excluding tert-OH is 1. The van der Waals surface area contributed by atoms with Gasteiger partial charge in [-0.1, -0.05) is 18.2 Å². The Bertz CT molecular complexity index is 404. The minimum absolute atomic E-state index is 0.383. The quantitative estimate of drug-likeness (QED) is 0.471. The van der Waals surface area contributed by atoms with Gasteiger partial charge in [-0.15, -0.1) is 0 Å². The Morgan fingerprint density at radius 3 is 2.47 bits per heavy atom. The van der Waals surface area contributed by atoms with E-state index in [1.54, 1.807) is 30.3 Å². The van der Waals surface area contributed by atoms with Gasteiger partial charge >= 0.3 is 0 Å². The fourth-order valence-electron chi connectivity index (χ4n) is 1.45. The topological polar surface area (TPSA) is 83.6 Å². The number of benzene rings is 1. The van der Waals surface area contributed by atoms with Crippen molar-refractivity contribution in [2.75, 3.05) is 0 Å². The van der Waals surface area contributed by atoms with E-state index in [1.165, 1.54) is 0 Å². The van der Waals surface area contributed by atoms with Crippen molar-refractivity contribution in [1.82, 2.24) is 4.90 Å². The molecular formula is C10H10N2O3. The van der Waals surface area contributed by atoms with Crippen molar-refractivity contribution in [3.05, 3.63) is 35.9 Å². The highest BCUT2D eigenvalue weighted by molar-refractivity contribution is 6.09. The van der Waals surface area contributed by atoms with Crippen LogP contribution in [0.2, 0.25) is 0 Å². The van der Waals surface area contributed by atoms with E-state index < -0.39 is 24.1 Å². The number of hydrogen-bond donors (Lipinski definition) is 2. The summed E-state index contributed by atoms with van der Waals surface area (Å²) in [6.45, 7) is 0. The number of nitrogens with two attached hydrogens (primary N) is 1. The van der Waals surface area contributed by atoms with E-state index in [-0.39, 0.29) is 0 Å². The van der Waals surface area contributed by atoms with E-state index in [4.69, 9.17) is 10.8 Å². The van der Waals surface area contributed by atoms with Gasteiger partial charge in [-0.05, 0) is 12.1 Å². The summed E-state index contributed by atoms with van der Waals surface area (Å²) in [5, 5.41) is 9.08. The molecule has 78 valence electrons. The van der Waals surface area contributed by atoms with Crippen LogP contribution in [0.15, 0.2) is 30.3 Å². The molecule has 1 unspecified atom stereocenters. The summed E-state index contributed by atoms with van der Waals surface area (Å²) >= 11 is 0. The first kappa shape index (κ1) is 9.82. The van der Waals surface area contributed by atoms with Gasteiger partial charge in [0.1, 0.15) is 6.17 Å². The molecule has 0 aliphatic carbocycles. The lowest BCUT2D eigenvalue weighted by Crippen LogP contribution is -2.70. The van der Waals surface area contributed by atoms with Crippen LogP contribution >= 0.6 is 0 Å². The third-order valence-electron chi connectivity index (χ3n) is 2.35. The normalized spacial score (nSPS) is 24.9. The Kier molecular flexibility index (Phi) is 2.26. The van der Waals surface area contributed by atoms with Crippen LogP contribution in [0.25, 0.3) is 0 Å². The Morgan fingerprint density at radius 2 is 1.93 bits per heavy atom. The Hall–Kier alpha value is -1.72. The second kappa shape index (κ2) is 3.45. The molecule has 5 nitrogen and oxygen atoms in total. The summed E-state index contributed by atoms with van der Waals surface area (Å²) in [6.07, 6.45) is -2.18. The molecule has 3 N–H and O–H groups in total. The van der Waals surface area contributed by atoms with Crippen molar-refractivity contribution < 1.29 is 14.7 Å². The molecule has 5 heteroatoms. The second-order valence-electron chi connectivity index (χ2n) is 3.31. The summed E-state index contributed by atoms with van der Waals surface area (Å²) in [7, 11) is 0. The van der Waals surface area contributed by atoms with Gasteiger partial charge in [-0.3, -0.25) is 14.5 Å². The van der Waals surface area contributed by atoms with E-state index in [0.29, 0.717) is 5.56 Å². The minimum Gasteiger partial charge on any atom is -0.380 e. The van der Waals surface area contributed by atoms with E-state index in [9.17, 15) is 9.59 Å². The number of likely N-dealkylation sites (tertiary alicyclic amines) is 1. The van der Waals surface area contributed by atoms with Gasteiger partial charge in [0, 0.05) is 5.56 Å². The smallest absolute Gasteiger partial charge is 0.263 e. The van der Waals surface area contributed by atoms with Crippen molar-refractivity contribution in [1.29, 1.82) is 0 Å². The zero-order chi connectivity index (χ0) is 11.0. The number of carbonyl (C=O) groups is 2. The molecule has 1 saturated heterocycles. The summed E-state index contributed by atoms with van der Waals surface area (Å²) < 4.78 is 0. The van der Waals surface area contributed by atoms with Crippen LogP contribution in [0, 0.1) is 0 Å². The Balaban J connectivity index is 2.20. The van der Waals surface area contributed by atoms with Gasteiger partial charge in [0.2, 0.25) is 0 Å². The number of β-lactam (4-membered cyclic amide) rings is 1. The molecule has 1 fully saturated rings. The van der Waals surface area contributed by atoms with E-state index in [0.717, 1.165) is 4.90 Å². The van der Waals surface area contributed by atoms with Crippen LogP contribution < -0.4 is 5.73 Å². The molecule has 0 radical (unpaired) electrons. The first-order valence-electron chi connectivity index (χ1n) is 4.49. The predicted octanol–water partition coefficient (Wildman–Crippen LogP) is -0.685. The number of carbonyl (C=O) groups excluding carboxylic acids is 2. The molecule has 15 heavy (non-hydrogen) atoms. The standard InChI is InChI=1S/C10H10N2O3/c11-8-7(13)10(15)12(8)9(14)6-4-2-1-3-5-6/h1-5,7-8,13H,11H2/t7-,8?/m0/s1. The summed E-state index contributed by atoms with van der Waals surface area (Å²) in [6, 6.07) is 8.34. The summed E-state index contributed by atoms with van der Waals surface area (Å²) in [5.74, 6) is -1.12. The highest BCUT2D eigenvalue weighted by Crippen LogP contribution is 2.18. The maximum atomic E-state index is 11.7. The average molecular weight is 206 g/mol. The van der Waals surface area contributed by atoms with E-state index in [2.05, 4.69) is 0 Å². The molecule has 1 aromatic rings. The summed E-state index contributed by atoms with van der Waals surface area (Å²) in [4.78, 5) is 23.7. The number of hydrogen-bond acceptors (Lipinski definition) is 4. The first-order valence-corrected chi connectivity index (χ1v) is 4.49. The lowest BCUT2D eigenvalue weighted by Gasteiger charge is -2.40. The number of nitrogens with zero attached hydrogens (tertiary/aromatic N) is 1. The molecule has 1 aliphatic heterocycles. The van der Waals surface area contributed by atoms with Gasteiger partial charge in [-0.25, -0.2) is 0 Å². The zero-order valence-electron chi connectivity index (χ0n) is 7.83. The van der Waals surface area contributed by atoms with Gasteiger partial charge in [0.05, 0.1) is 0 Å².